The van der Waals surface area contributed by atoms with E-state index in [0.717, 1.165) is 56.9 Å². The smallest absolute Gasteiger partial charge is 0.226 e. The van der Waals surface area contributed by atoms with E-state index in [0.29, 0.717) is 36.1 Å². The molecule has 11 atom stereocenters. The summed E-state index contributed by atoms with van der Waals surface area (Å²) >= 11 is 0. The molecule has 0 aliphatic heterocycles. The van der Waals surface area contributed by atoms with Gasteiger partial charge in [0.05, 0.1) is 18.1 Å². The molecule has 226 valence electrons. The Balaban J connectivity index is 1.34. The van der Waals surface area contributed by atoms with Crippen LogP contribution in [0.3, 0.4) is 0 Å². The van der Waals surface area contributed by atoms with Crippen molar-refractivity contribution < 1.29 is 15.0 Å². The molecule has 5 saturated carbocycles. The van der Waals surface area contributed by atoms with Gasteiger partial charge in [0.1, 0.15) is 0 Å². The van der Waals surface area contributed by atoms with Crippen molar-refractivity contribution in [3.05, 3.63) is 48.0 Å². The lowest BCUT2D eigenvalue weighted by Crippen LogP contribution is -2.68. The van der Waals surface area contributed by atoms with Gasteiger partial charge in [0.15, 0.2) is 0 Å². The van der Waals surface area contributed by atoms with Gasteiger partial charge < -0.3 is 15.5 Å². The van der Waals surface area contributed by atoms with Crippen molar-refractivity contribution in [3.63, 3.8) is 0 Å². The molecule has 1 aromatic rings. The van der Waals surface area contributed by atoms with Crippen LogP contribution in [0.1, 0.15) is 104 Å². The second kappa shape index (κ2) is 9.94. The first-order chi connectivity index (χ1) is 19.4. The van der Waals surface area contributed by atoms with E-state index in [1.807, 2.05) is 18.2 Å². The number of amides is 1. The lowest BCUT2D eigenvalue weighted by molar-refractivity contribution is -0.252. The predicted octanol–water partition coefficient (Wildman–Crippen LogP) is 7.29. The van der Waals surface area contributed by atoms with Gasteiger partial charge in [-0.05, 0) is 123 Å². The zero-order chi connectivity index (χ0) is 29.4. The van der Waals surface area contributed by atoms with E-state index in [-0.39, 0.29) is 34.2 Å². The van der Waals surface area contributed by atoms with Gasteiger partial charge in [0.25, 0.3) is 0 Å². The van der Waals surface area contributed by atoms with Crippen molar-refractivity contribution in [1.29, 1.82) is 0 Å². The Morgan fingerprint density at radius 3 is 2.32 bits per heavy atom. The third-order valence-corrected chi connectivity index (χ3v) is 14.9. The van der Waals surface area contributed by atoms with Crippen LogP contribution < -0.4 is 5.32 Å². The quantitative estimate of drug-likeness (QED) is 0.331. The van der Waals surface area contributed by atoms with E-state index in [9.17, 15) is 15.0 Å². The summed E-state index contributed by atoms with van der Waals surface area (Å²) in [4.78, 5) is 14.3. The summed E-state index contributed by atoms with van der Waals surface area (Å²) in [5, 5.41) is 25.0. The van der Waals surface area contributed by atoms with Crippen LogP contribution in [-0.4, -0.2) is 28.8 Å². The lowest BCUT2D eigenvalue weighted by Gasteiger charge is -2.73. The van der Waals surface area contributed by atoms with Gasteiger partial charge in [-0.25, -0.2) is 0 Å². The molecule has 41 heavy (non-hydrogen) atoms. The van der Waals surface area contributed by atoms with E-state index in [2.05, 4.69) is 58.6 Å². The fourth-order valence-corrected chi connectivity index (χ4v) is 12.5. The number of rotatable bonds is 5. The Hall–Kier alpha value is -1.65. The molecule has 0 heterocycles. The van der Waals surface area contributed by atoms with Crippen LogP contribution >= 0.6 is 0 Å². The number of allylic oxidation sites excluding steroid dienone is 1. The van der Waals surface area contributed by atoms with E-state index in [4.69, 9.17) is 0 Å². The molecule has 1 aromatic carbocycles. The van der Waals surface area contributed by atoms with Crippen molar-refractivity contribution in [2.45, 2.75) is 111 Å². The van der Waals surface area contributed by atoms with Crippen molar-refractivity contribution >= 4 is 5.91 Å². The summed E-state index contributed by atoms with van der Waals surface area (Å²) in [6.45, 7) is 17.2. The predicted molar refractivity (Wildman–Crippen MR) is 165 cm³/mol. The van der Waals surface area contributed by atoms with Gasteiger partial charge in [-0.3, -0.25) is 4.79 Å². The SMILES string of the molecule is C=C(C)[C@@H]1CC[C@]2(C(=O)NCc3ccccc3)CC[C@]3(C)C(CC[C@@H]4[C@@]5(C)CCC(O)[C@@](C)(CO)[C@@H]5CC[C@]43C)[C@@H]12. The standard InChI is InChI=1S/C37H55NO3/c1-24(2)26-14-19-37(32(41)38-22-25-10-8-7-9-11-25)21-20-35(5)27(31(26)37)12-13-29-33(3)17-16-30(40)34(4,23-39)28(33)15-18-36(29,35)6/h7-11,26-31,39-40H,1,12-23H2,2-6H3,(H,38,41)/t26-,27?,28+,29+,30?,31+,33-,34-,35+,36+,37-/m0/s1. The normalized spacial score (nSPS) is 48.8. The maximum atomic E-state index is 14.3. The maximum absolute atomic E-state index is 14.3. The highest BCUT2D eigenvalue weighted by molar-refractivity contribution is 5.84. The first kappa shape index (κ1) is 29.4. The highest BCUT2D eigenvalue weighted by Crippen LogP contribution is 2.77. The molecule has 5 aliphatic carbocycles. The number of aliphatic hydroxyl groups excluding tert-OH is 2. The van der Waals surface area contributed by atoms with Gasteiger partial charge in [-0.1, -0.05) is 70.2 Å². The molecule has 0 bridgehead atoms. The van der Waals surface area contributed by atoms with Gasteiger partial charge in [-0.15, -0.1) is 0 Å². The lowest BCUT2D eigenvalue weighted by atomic mass is 9.32. The number of aliphatic hydroxyl groups is 2. The molecular weight excluding hydrogens is 506 g/mol. The number of nitrogens with one attached hydrogen (secondary N) is 1. The molecule has 0 saturated heterocycles. The minimum atomic E-state index is -0.416. The van der Waals surface area contributed by atoms with Crippen LogP contribution in [-0.2, 0) is 11.3 Å². The Morgan fingerprint density at radius 1 is 0.902 bits per heavy atom. The second-order valence-corrected chi connectivity index (χ2v) is 16.2. The van der Waals surface area contributed by atoms with Gasteiger partial charge >= 0.3 is 0 Å². The third kappa shape index (κ3) is 3.94. The number of hydrogen-bond donors (Lipinski definition) is 3. The summed E-state index contributed by atoms with van der Waals surface area (Å²) in [5.41, 5.74) is 2.20. The van der Waals surface area contributed by atoms with Gasteiger partial charge in [0, 0.05) is 12.0 Å². The summed E-state index contributed by atoms with van der Waals surface area (Å²) in [6.07, 6.45) is 10.2. The summed E-state index contributed by atoms with van der Waals surface area (Å²) < 4.78 is 0. The molecule has 5 aliphatic rings. The fraction of sp³-hybridized carbons (Fsp3) is 0.757. The molecule has 4 heteroatoms. The zero-order valence-electron chi connectivity index (χ0n) is 26.3. The molecule has 2 unspecified atom stereocenters. The monoisotopic (exact) mass is 561 g/mol. The largest absolute Gasteiger partial charge is 0.396 e. The van der Waals surface area contributed by atoms with Crippen LogP contribution in [0, 0.1) is 56.7 Å². The van der Waals surface area contributed by atoms with Gasteiger partial charge in [0.2, 0.25) is 5.91 Å². The molecular formula is C37H55NO3. The minimum Gasteiger partial charge on any atom is -0.396 e. The van der Waals surface area contributed by atoms with E-state index < -0.39 is 11.5 Å². The second-order valence-electron chi connectivity index (χ2n) is 16.2. The summed E-state index contributed by atoms with van der Waals surface area (Å²) in [6, 6.07) is 10.3. The molecule has 4 nitrogen and oxygen atoms in total. The molecule has 0 radical (unpaired) electrons. The van der Waals surface area contributed by atoms with E-state index in [1.54, 1.807) is 0 Å². The third-order valence-electron chi connectivity index (χ3n) is 14.9. The number of carbonyl (C=O) groups excluding carboxylic acids is 1. The average molecular weight is 562 g/mol. The van der Waals surface area contributed by atoms with Crippen molar-refractivity contribution in [2.24, 2.45) is 56.7 Å². The highest BCUT2D eigenvalue weighted by Gasteiger charge is 2.72. The molecule has 3 N–H and O–H groups in total. The van der Waals surface area contributed by atoms with Crippen molar-refractivity contribution in [3.8, 4) is 0 Å². The van der Waals surface area contributed by atoms with Crippen LogP contribution in [0.5, 0.6) is 0 Å². The molecule has 1 amide bonds. The molecule has 5 fully saturated rings. The van der Waals surface area contributed by atoms with E-state index >= 15 is 0 Å². The first-order valence-corrected chi connectivity index (χ1v) is 16.6. The number of hydrogen-bond acceptors (Lipinski definition) is 3. The van der Waals surface area contributed by atoms with Crippen LogP contribution in [0.4, 0.5) is 0 Å². The Kier molecular flexibility index (Phi) is 7.14. The number of fused-ring (bicyclic) bond motifs is 7. The minimum absolute atomic E-state index is 0.0702. The van der Waals surface area contributed by atoms with Crippen molar-refractivity contribution in [1.82, 2.24) is 5.32 Å². The Labute approximate surface area is 248 Å². The fourth-order valence-electron chi connectivity index (χ4n) is 12.5. The number of carbonyl (C=O) groups is 1. The maximum Gasteiger partial charge on any atom is 0.226 e. The van der Waals surface area contributed by atoms with Gasteiger partial charge in [-0.2, -0.15) is 0 Å². The number of benzene rings is 1. The highest BCUT2D eigenvalue weighted by atomic mass is 16.3. The molecule has 6 rings (SSSR count). The van der Waals surface area contributed by atoms with Crippen LogP contribution in [0.2, 0.25) is 0 Å². The molecule has 0 aromatic heterocycles. The Morgan fingerprint density at radius 2 is 1.63 bits per heavy atom. The first-order valence-electron chi connectivity index (χ1n) is 16.6. The van der Waals surface area contributed by atoms with Crippen LogP contribution in [0.25, 0.3) is 0 Å². The summed E-state index contributed by atoms with van der Waals surface area (Å²) in [7, 11) is 0. The van der Waals surface area contributed by atoms with Crippen LogP contribution in [0.15, 0.2) is 42.5 Å². The van der Waals surface area contributed by atoms with E-state index in [1.165, 1.54) is 18.4 Å². The zero-order valence-corrected chi connectivity index (χ0v) is 26.3. The topological polar surface area (TPSA) is 69.6 Å². The average Bonchev–Trinajstić information content (AvgIpc) is 3.36. The molecule has 0 spiro atoms. The Bertz CT molecular complexity index is 1180. The summed E-state index contributed by atoms with van der Waals surface area (Å²) in [5.74, 6) is 2.49. The van der Waals surface area contributed by atoms with Crippen molar-refractivity contribution in [2.75, 3.05) is 6.61 Å².